The minimum atomic E-state index is -3.34. The van der Waals surface area contributed by atoms with E-state index in [1.54, 1.807) is 30.3 Å². The van der Waals surface area contributed by atoms with Gasteiger partial charge in [0.15, 0.2) is 9.84 Å². The highest BCUT2D eigenvalue weighted by Gasteiger charge is 2.20. The van der Waals surface area contributed by atoms with Gasteiger partial charge >= 0.3 is 0 Å². The number of anilines is 2. The molecule has 3 N–H and O–H groups in total. The zero-order valence-corrected chi connectivity index (χ0v) is 18.0. The maximum Gasteiger partial charge on any atom is 0.253 e. The minimum Gasteiger partial charge on any atom is -0.376 e. The van der Waals surface area contributed by atoms with Gasteiger partial charge in [0.2, 0.25) is 5.91 Å². The fourth-order valence-corrected chi connectivity index (χ4v) is 4.16. The normalized spacial score (nSPS) is 14.3. The van der Waals surface area contributed by atoms with Gasteiger partial charge in [0.1, 0.15) is 0 Å². The van der Waals surface area contributed by atoms with Crippen molar-refractivity contribution in [3.05, 3.63) is 53.6 Å². The lowest BCUT2D eigenvalue weighted by atomic mass is 10.1. The third kappa shape index (κ3) is 5.60. The van der Waals surface area contributed by atoms with E-state index >= 15 is 0 Å². The van der Waals surface area contributed by atoms with Crippen LogP contribution in [0.15, 0.2) is 47.4 Å². The summed E-state index contributed by atoms with van der Waals surface area (Å²) in [6.07, 6.45) is 5.35. The summed E-state index contributed by atoms with van der Waals surface area (Å²) in [6, 6.07) is 11.8. The van der Waals surface area contributed by atoms with Crippen LogP contribution < -0.4 is 16.0 Å². The number of carbonyl (C=O) groups excluding carboxylic acids is 2. The molecule has 0 bridgehead atoms. The Morgan fingerprint density at radius 2 is 1.73 bits per heavy atom. The zero-order valence-electron chi connectivity index (χ0n) is 17.2. The number of benzene rings is 2. The van der Waals surface area contributed by atoms with Crippen molar-refractivity contribution < 1.29 is 18.0 Å². The molecular formula is C22H27N3O4S. The molecule has 1 saturated carbocycles. The number of para-hydroxylation sites is 1. The predicted molar refractivity (Wildman–Crippen MR) is 118 cm³/mol. The van der Waals surface area contributed by atoms with Crippen molar-refractivity contribution in [1.29, 1.82) is 0 Å². The van der Waals surface area contributed by atoms with Crippen molar-refractivity contribution in [2.75, 3.05) is 23.4 Å². The van der Waals surface area contributed by atoms with E-state index in [0.29, 0.717) is 16.9 Å². The Kier molecular flexibility index (Phi) is 6.77. The molecule has 1 fully saturated rings. The summed E-state index contributed by atoms with van der Waals surface area (Å²) in [5.41, 5.74) is 2.27. The topological polar surface area (TPSA) is 104 Å². The van der Waals surface area contributed by atoms with Crippen LogP contribution in [0.2, 0.25) is 0 Å². The molecule has 7 nitrogen and oxygen atoms in total. The first-order chi connectivity index (χ1) is 14.2. The molecule has 0 unspecified atom stereocenters. The summed E-state index contributed by atoms with van der Waals surface area (Å²) < 4.78 is 23.5. The number of amides is 2. The molecule has 0 aromatic heterocycles. The Bertz CT molecular complexity index is 1040. The second-order valence-electron chi connectivity index (χ2n) is 7.65. The molecule has 0 spiro atoms. The average molecular weight is 430 g/mol. The molecule has 0 aliphatic heterocycles. The second kappa shape index (κ2) is 9.30. The molecule has 0 heterocycles. The van der Waals surface area contributed by atoms with Crippen LogP contribution in [0.1, 0.15) is 41.6 Å². The molecule has 3 rings (SSSR count). The van der Waals surface area contributed by atoms with Crippen molar-refractivity contribution >= 4 is 33.0 Å². The van der Waals surface area contributed by atoms with Gasteiger partial charge in [0, 0.05) is 18.0 Å². The van der Waals surface area contributed by atoms with Gasteiger partial charge in [-0.15, -0.1) is 0 Å². The van der Waals surface area contributed by atoms with E-state index in [1.807, 2.05) is 6.92 Å². The monoisotopic (exact) mass is 429 g/mol. The number of hydrogen-bond donors (Lipinski definition) is 3. The maximum absolute atomic E-state index is 12.6. The Labute approximate surface area is 177 Å². The molecular weight excluding hydrogens is 402 g/mol. The largest absolute Gasteiger partial charge is 0.376 e. The van der Waals surface area contributed by atoms with Gasteiger partial charge in [0.05, 0.1) is 22.7 Å². The summed E-state index contributed by atoms with van der Waals surface area (Å²) in [5.74, 6) is -0.525. The predicted octanol–water partition coefficient (Wildman–Crippen LogP) is 3.12. The van der Waals surface area contributed by atoms with Gasteiger partial charge in [-0.05, 0) is 49.6 Å². The van der Waals surface area contributed by atoms with Gasteiger partial charge in [-0.2, -0.15) is 0 Å². The van der Waals surface area contributed by atoms with E-state index in [4.69, 9.17) is 0 Å². The first-order valence-corrected chi connectivity index (χ1v) is 11.9. The fourth-order valence-electron chi connectivity index (χ4n) is 3.52. The molecule has 160 valence electrons. The van der Waals surface area contributed by atoms with Gasteiger partial charge < -0.3 is 16.0 Å². The number of carbonyl (C=O) groups is 2. The Morgan fingerprint density at radius 1 is 1.03 bits per heavy atom. The van der Waals surface area contributed by atoms with Gasteiger partial charge in [-0.3, -0.25) is 9.59 Å². The van der Waals surface area contributed by atoms with Crippen molar-refractivity contribution in [1.82, 2.24) is 5.32 Å². The number of sulfone groups is 1. The first-order valence-electron chi connectivity index (χ1n) is 9.98. The molecule has 0 saturated heterocycles. The quantitative estimate of drug-likeness (QED) is 0.627. The zero-order chi connectivity index (χ0) is 21.7. The number of nitrogens with one attached hydrogen (secondary N) is 3. The van der Waals surface area contributed by atoms with Crippen molar-refractivity contribution in [3.63, 3.8) is 0 Å². The maximum atomic E-state index is 12.6. The molecule has 2 aromatic carbocycles. The third-order valence-corrected chi connectivity index (χ3v) is 6.32. The van der Waals surface area contributed by atoms with Gasteiger partial charge in [0.25, 0.3) is 5.91 Å². The number of hydrogen-bond acceptors (Lipinski definition) is 5. The van der Waals surface area contributed by atoms with Gasteiger partial charge in [-0.1, -0.05) is 31.0 Å². The standard InChI is InChI=1S/C22H27N3O4S/c1-15-11-12-17(30(2,28)29)13-20(15)23-14-21(26)25-19-10-6-5-9-18(19)22(27)24-16-7-3-4-8-16/h5-6,9-13,16,23H,3-4,7-8,14H2,1-2H3,(H,24,27)(H,25,26). The summed E-state index contributed by atoms with van der Waals surface area (Å²) in [5, 5.41) is 8.78. The first kappa shape index (κ1) is 21.8. The molecule has 0 radical (unpaired) electrons. The van der Waals surface area contributed by atoms with Crippen LogP contribution in [-0.4, -0.2) is 39.1 Å². The highest BCUT2D eigenvalue weighted by molar-refractivity contribution is 7.90. The SMILES string of the molecule is Cc1ccc(S(C)(=O)=O)cc1NCC(=O)Nc1ccccc1C(=O)NC1CCCC1. The lowest BCUT2D eigenvalue weighted by Crippen LogP contribution is -2.33. The van der Waals surface area contributed by atoms with Crippen LogP contribution >= 0.6 is 0 Å². The molecule has 2 aromatic rings. The number of rotatable bonds is 7. The lowest BCUT2D eigenvalue weighted by molar-refractivity contribution is -0.114. The molecule has 1 aliphatic carbocycles. The van der Waals surface area contributed by atoms with Crippen LogP contribution in [0.4, 0.5) is 11.4 Å². The average Bonchev–Trinajstić information content (AvgIpc) is 3.20. The third-order valence-electron chi connectivity index (χ3n) is 5.21. The van der Waals surface area contributed by atoms with Crippen molar-refractivity contribution in [2.45, 2.75) is 43.5 Å². The summed E-state index contributed by atoms with van der Waals surface area (Å²) in [4.78, 5) is 25.3. The van der Waals surface area contributed by atoms with E-state index in [1.165, 1.54) is 12.1 Å². The Balaban J connectivity index is 1.65. The van der Waals surface area contributed by atoms with Crippen LogP contribution in [0, 0.1) is 6.92 Å². The van der Waals surface area contributed by atoms with E-state index in [9.17, 15) is 18.0 Å². The molecule has 8 heteroatoms. The van der Waals surface area contributed by atoms with E-state index in [0.717, 1.165) is 37.5 Å². The van der Waals surface area contributed by atoms with Crippen LogP contribution in [0.5, 0.6) is 0 Å². The summed E-state index contributed by atoms with van der Waals surface area (Å²) in [6.45, 7) is 1.77. The second-order valence-corrected chi connectivity index (χ2v) is 9.67. The van der Waals surface area contributed by atoms with Crippen molar-refractivity contribution in [2.24, 2.45) is 0 Å². The summed E-state index contributed by atoms with van der Waals surface area (Å²) >= 11 is 0. The van der Waals surface area contributed by atoms with Crippen LogP contribution in [0.25, 0.3) is 0 Å². The van der Waals surface area contributed by atoms with Crippen LogP contribution in [0.3, 0.4) is 0 Å². The smallest absolute Gasteiger partial charge is 0.253 e. The molecule has 30 heavy (non-hydrogen) atoms. The Hall–Kier alpha value is -2.87. The Morgan fingerprint density at radius 3 is 2.43 bits per heavy atom. The fraction of sp³-hybridized carbons (Fsp3) is 0.364. The van der Waals surface area contributed by atoms with Crippen LogP contribution in [-0.2, 0) is 14.6 Å². The molecule has 1 aliphatic rings. The lowest BCUT2D eigenvalue weighted by Gasteiger charge is -2.15. The van der Waals surface area contributed by atoms with E-state index < -0.39 is 9.84 Å². The van der Waals surface area contributed by atoms with Crippen molar-refractivity contribution in [3.8, 4) is 0 Å². The van der Waals surface area contributed by atoms with E-state index in [-0.39, 0.29) is 29.3 Å². The van der Waals surface area contributed by atoms with E-state index in [2.05, 4.69) is 16.0 Å². The highest BCUT2D eigenvalue weighted by atomic mass is 32.2. The highest BCUT2D eigenvalue weighted by Crippen LogP contribution is 2.22. The summed E-state index contributed by atoms with van der Waals surface area (Å²) in [7, 11) is -3.34. The molecule has 0 atom stereocenters. The minimum absolute atomic E-state index is 0.0629. The number of aryl methyl sites for hydroxylation is 1. The van der Waals surface area contributed by atoms with Gasteiger partial charge in [-0.25, -0.2) is 8.42 Å². The molecule has 2 amide bonds.